The molecule has 0 unspecified atom stereocenters. The Kier molecular flexibility index (Phi) is 6.22. The molecule has 3 rings (SSSR count). The summed E-state index contributed by atoms with van der Waals surface area (Å²) in [6.07, 6.45) is 0.343. The first-order valence-corrected chi connectivity index (χ1v) is 11.7. The molecule has 158 valence electrons. The standard InChI is InChI=1S/C18H20F2N2O5S2/c1-27-14-5-7-15(8-6-14)29(25,26)22-11-9-13(10-12-22)21-28(23,24)18-16(19)3-2-4-17(18)20/h2-8,13,21H,9-12H2,1H3. The van der Waals surface area contributed by atoms with Crippen LogP contribution in [0.4, 0.5) is 8.78 Å². The average molecular weight is 446 g/mol. The van der Waals surface area contributed by atoms with Gasteiger partial charge in [-0.15, -0.1) is 0 Å². The SMILES string of the molecule is COc1ccc(S(=O)(=O)N2CCC(NS(=O)(=O)c3c(F)cccc3F)CC2)cc1. The topological polar surface area (TPSA) is 92.8 Å². The van der Waals surface area contributed by atoms with Gasteiger partial charge in [0.15, 0.2) is 4.90 Å². The van der Waals surface area contributed by atoms with Gasteiger partial charge in [-0.05, 0) is 49.2 Å². The second-order valence-corrected chi connectivity index (χ2v) is 10.1. The Morgan fingerprint density at radius 2 is 1.52 bits per heavy atom. The number of benzene rings is 2. The second-order valence-electron chi connectivity index (χ2n) is 6.53. The van der Waals surface area contributed by atoms with E-state index in [4.69, 9.17) is 4.74 Å². The van der Waals surface area contributed by atoms with Crippen molar-refractivity contribution in [3.8, 4) is 5.75 Å². The van der Waals surface area contributed by atoms with Crippen LogP contribution in [-0.2, 0) is 20.0 Å². The molecule has 0 saturated carbocycles. The van der Waals surface area contributed by atoms with Crippen molar-refractivity contribution in [2.24, 2.45) is 0 Å². The molecule has 1 N–H and O–H groups in total. The maximum Gasteiger partial charge on any atom is 0.246 e. The van der Waals surface area contributed by atoms with Gasteiger partial charge in [-0.1, -0.05) is 6.07 Å². The molecule has 1 heterocycles. The predicted molar refractivity (Wildman–Crippen MR) is 101 cm³/mol. The maximum atomic E-state index is 13.8. The van der Waals surface area contributed by atoms with Crippen LogP contribution < -0.4 is 9.46 Å². The molecule has 7 nitrogen and oxygen atoms in total. The van der Waals surface area contributed by atoms with Crippen LogP contribution in [0.5, 0.6) is 5.75 Å². The number of halogens is 2. The minimum absolute atomic E-state index is 0.0707. The van der Waals surface area contributed by atoms with Gasteiger partial charge in [0.25, 0.3) is 0 Å². The molecular weight excluding hydrogens is 426 g/mol. The molecule has 0 atom stereocenters. The number of piperidine rings is 1. The summed E-state index contributed by atoms with van der Waals surface area (Å²) in [5.74, 6) is -1.84. The lowest BCUT2D eigenvalue weighted by molar-refractivity contribution is 0.308. The highest BCUT2D eigenvalue weighted by atomic mass is 32.2. The summed E-state index contributed by atoms with van der Waals surface area (Å²) >= 11 is 0. The summed E-state index contributed by atoms with van der Waals surface area (Å²) in [6, 6.07) is 8.11. The third-order valence-corrected chi connectivity index (χ3v) is 8.14. The molecule has 0 aromatic heterocycles. The van der Waals surface area contributed by atoms with E-state index in [1.807, 2.05) is 0 Å². The molecule has 1 aliphatic rings. The van der Waals surface area contributed by atoms with Crippen LogP contribution in [0.3, 0.4) is 0 Å². The van der Waals surface area contributed by atoms with E-state index >= 15 is 0 Å². The first-order chi connectivity index (χ1) is 13.6. The minimum atomic E-state index is -4.42. The van der Waals surface area contributed by atoms with Gasteiger partial charge in [0, 0.05) is 19.1 Å². The Morgan fingerprint density at radius 3 is 2.03 bits per heavy atom. The monoisotopic (exact) mass is 446 g/mol. The molecule has 11 heteroatoms. The van der Waals surface area contributed by atoms with Gasteiger partial charge in [0.2, 0.25) is 20.0 Å². The fourth-order valence-electron chi connectivity index (χ4n) is 3.13. The molecule has 0 amide bonds. The molecule has 1 aliphatic heterocycles. The Labute approximate surface area is 168 Å². The first-order valence-electron chi connectivity index (χ1n) is 8.75. The third kappa shape index (κ3) is 4.58. The highest BCUT2D eigenvalue weighted by Gasteiger charge is 2.33. The fourth-order valence-corrected chi connectivity index (χ4v) is 6.04. The summed E-state index contributed by atoms with van der Waals surface area (Å²) in [6.45, 7) is 0.141. The number of hydrogen-bond donors (Lipinski definition) is 1. The van der Waals surface area contributed by atoms with Gasteiger partial charge in [0.1, 0.15) is 17.4 Å². The molecule has 1 fully saturated rings. The van der Waals surface area contributed by atoms with Gasteiger partial charge in [0.05, 0.1) is 12.0 Å². The van der Waals surface area contributed by atoms with Gasteiger partial charge in [-0.25, -0.2) is 30.3 Å². The van der Waals surface area contributed by atoms with Gasteiger partial charge in [-0.2, -0.15) is 4.31 Å². The number of nitrogens with one attached hydrogen (secondary N) is 1. The summed E-state index contributed by atoms with van der Waals surface area (Å²) in [5, 5.41) is 0. The highest BCUT2D eigenvalue weighted by Crippen LogP contribution is 2.24. The quantitative estimate of drug-likeness (QED) is 0.734. The summed E-state index contributed by atoms with van der Waals surface area (Å²) in [7, 11) is -6.68. The third-order valence-electron chi connectivity index (χ3n) is 4.66. The van der Waals surface area contributed by atoms with Crippen molar-refractivity contribution in [1.29, 1.82) is 0 Å². The molecule has 1 saturated heterocycles. The summed E-state index contributed by atoms with van der Waals surface area (Å²) in [5.41, 5.74) is 0. The van der Waals surface area contributed by atoms with Crippen LogP contribution in [0, 0.1) is 11.6 Å². The zero-order chi connectivity index (χ0) is 21.2. The number of rotatable bonds is 6. The Morgan fingerprint density at radius 1 is 0.966 bits per heavy atom. The molecule has 29 heavy (non-hydrogen) atoms. The van der Waals surface area contributed by atoms with E-state index in [1.54, 1.807) is 0 Å². The van der Waals surface area contributed by atoms with E-state index in [2.05, 4.69) is 4.72 Å². The van der Waals surface area contributed by atoms with Crippen LogP contribution in [0.15, 0.2) is 52.3 Å². The predicted octanol–water partition coefficient (Wildman–Crippen LogP) is 2.10. The number of hydrogen-bond acceptors (Lipinski definition) is 5. The van der Waals surface area contributed by atoms with E-state index in [0.29, 0.717) is 5.75 Å². The van der Waals surface area contributed by atoms with Crippen molar-refractivity contribution in [3.63, 3.8) is 0 Å². The van der Waals surface area contributed by atoms with Crippen molar-refractivity contribution < 1.29 is 30.4 Å². The normalized spacial score (nSPS) is 16.7. The van der Waals surface area contributed by atoms with Gasteiger partial charge in [-0.3, -0.25) is 0 Å². The minimum Gasteiger partial charge on any atom is -0.497 e. The lowest BCUT2D eigenvalue weighted by Gasteiger charge is -2.31. The largest absolute Gasteiger partial charge is 0.497 e. The smallest absolute Gasteiger partial charge is 0.246 e. The Hall–Kier alpha value is -2.08. The van der Waals surface area contributed by atoms with Crippen molar-refractivity contribution >= 4 is 20.0 Å². The summed E-state index contributed by atoms with van der Waals surface area (Å²) in [4.78, 5) is -0.931. The fraction of sp³-hybridized carbons (Fsp3) is 0.333. The molecule has 2 aromatic rings. The molecule has 0 radical (unpaired) electrons. The Bertz CT molecular complexity index is 1060. The first kappa shape index (κ1) is 21.6. The van der Waals surface area contributed by atoms with Gasteiger partial charge >= 0.3 is 0 Å². The van der Waals surface area contributed by atoms with Crippen molar-refractivity contribution in [2.75, 3.05) is 20.2 Å². The van der Waals surface area contributed by atoms with Crippen molar-refractivity contribution in [1.82, 2.24) is 9.03 Å². The average Bonchev–Trinajstić information content (AvgIpc) is 2.68. The number of methoxy groups -OCH3 is 1. The van der Waals surface area contributed by atoms with E-state index in [-0.39, 0.29) is 30.8 Å². The second kappa shape index (κ2) is 8.34. The van der Waals surface area contributed by atoms with E-state index in [0.717, 1.165) is 18.2 Å². The maximum absolute atomic E-state index is 13.8. The lowest BCUT2D eigenvalue weighted by atomic mass is 10.1. The van der Waals surface area contributed by atoms with E-state index < -0.39 is 42.6 Å². The zero-order valence-electron chi connectivity index (χ0n) is 15.5. The highest BCUT2D eigenvalue weighted by molar-refractivity contribution is 7.89. The molecule has 0 aliphatic carbocycles. The summed E-state index contributed by atoms with van der Waals surface area (Å²) < 4.78 is 86.4. The lowest BCUT2D eigenvalue weighted by Crippen LogP contribution is -2.46. The van der Waals surface area contributed by atoms with Crippen molar-refractivity contribution in [3.05, 3.63) is 54.1 Å². The van der Waals surface area contributed by atoms with Crippen molar-refractivity contribution in [2.45, 2.75) is 28.7 Å². The molecule has 0 spiro atoms. The van der Waals surface area contributed by atoms with E-state index in [9.17, 15) is 25.6 Å². The van der Waals surface area contributed by atoms with Crippen LogP contribution in [0.1, 0.15) is 12.8 Å². The van der Waals surface area contributed by atoms with E-state index in [1.165, 1.54) is 35.7 Å². The molecule has 0 bridgehead atoms. The van der Waals surface area contributed by atoms with Crippen LogP contribution in [0.25, 0.3) is 0 Å². The van der Waals surface area contributed by atoms with Crippen LogP contribution in [0.2, 0.25) is 0 Å². The molecule has 2 aromatic carbocycles. The van der Waals surface area contributed by atoms with Crippen LogP contribution in [-0.4, -0.2) is 47.4 Å². The zero-order valence-corrected chi connectivity index (χ0v) is 17.1. The van der Waals surface area contributed by atoms with Gasteiger partial charge < -0.3 is 4.74 Å². The molecular formula is C18H20F2N2O5S2. The number of sulfonamides is 2. The Balaban J connectivity index is 1.68. The number of ether oxygens (including phenoxy) is 1. The van der Waals surface area contributed by atoms with Crippen LogP contribution >= 0.6 is 0 Å². The number of nitrogens with zero attached hydrogens (tertiary/aromatic N) is 1.